The van der Waals surface area contributed by atoms with Crippen LogP contribution < -0.4 is 0 Å². The second-order valence-corrected chi connectivity index (χ2v) is 6.27. The molecule has 2 saturated carbocycles. The zero-order chi connectivity index (χ0) is 15.8. The first-order valence-electron chi connectivity index (χ1n) is 8.22. The summed E-state index contributed by atoms with van der Waals surface area (Å²) in [6, 6.07) is 10.1. The molecule has 0 aliphatic heterocycles. The molecule has 2 aliphatic carbocycles. The van der Waals surface area contributed by atoms with Crippen LogP contribution in [0.25, 0.3) is 5.69 Å². The van der Waals surface area contributed by atoms with Gasteiger partial charge in [0.1, 0.15) is 5.82 Å². The molecule has 2 aliphatic rings. The summed E-state index contributed by atoms with van der Waals surface area (Å²) in [6.45, 7) is 0.319. The Morgan fingerprint density at radius 2 is 1.96 bits per heavy atom. The van der Waals surface area contributed by atoms with Gasteiger partial charge in [-0.15, -0.1) is 5.10 Å². The fourth-order valence-electron chi connectivity index (χ4n) is 2.85. The highest BCUT2D eigenvalue weighted by atomic mass is 16.3. The van der Waals surface area contributed by atoms with Gasteiger partial charge in [0.2, 0.25) is 5.82 Å². The lowest BCUT2D eigenvalue weighted by molar-refractivity contribution is 0.0695. The predicted octanol–water partition coefficient (Wildman–Crippen LogP) is 1.74. The van der Waals surface area contributed by atoms with Crippen LogP contribution in [0.3, 0.4) is 0 Å². The number of nitrogens with zero attached hydrogens (tertiary/aromatic N) is 4. The molecular weight excluding hydrogens is 292 g/mol. The van der Waals surface area contributed by atoms with Crippen LogP contribution in [-0.4, -0.2) is 49.9 Å². The Kier molecular flexibility index (Phi) is 3.61. The van der Waals surface area contributed by atoms with Crippen molar-refractivity contribution >= 4 is 5.91 Å². The van der Waals surface area contributed by atoms with Crippen LogP contribution in [-0.2, 0) is 0 Å². The first-order chi connectivity index (χ1) is 11.3. The number of hydrogen-bond acceptors (Lipinski definition) is 4. The molecule has 1 N–H and O–H groups in total. The van der Waals surface area contributed by atoms with E-state index in [1.165, 1.54) is 0 Å². The molecule has 0 unspecified atom stereocenters. The Balaban J connectivity index is 1.68. The molecule has 2 fully saturated rings. The Bertz CT molecular complexity index is 705. The van der Waals surface area contributed by atoms with Crippen LogP contribution in [0.4, 0.5) is 0 Å². The summed E-state index contributed by atoms with van der Waals surface area (Å²) >= 11 is 0. The van der Waals surface area contributed by atoms with E-state index in [9.17, 15) is 9.90 Å². The largest absolute Gasteiger partial charge is 0.395 e. The van der Waals surface area contributed by atoms with Gasteiger partial charge in [-0.1, -0.05) is 18.2 Å². The molecule has 0 saturated heterocycles. The quantitative estimate of drug-likeness (QED) is 0.882. The molecule has 120 valence electrons. The topological polar surface area (TPSA) is 71.2 Å². The average Bonchev–Trinajstić information content (AvgIpc) is 3.51. The summed E-state index contributed by atoms with van der Waals surface area (Å²) in [5.41, 5.74) is 0.932. The van der Waals surface area contributed by atoms with E-state index >= 15 is 0 Å². The van der Waals surface area contributed by atoms with Crippen molar-refractivity contribution in [1.82, 2.24) is 19.7 Å². The molecule has 23 heavy (non-hydrogen) atoms. The Hall–Kier alpha value is -2.21. The third-order valence-electron chi connectivity index (χ3n) is 4.36. The molecule has 1 aromatic carbocycles. The fourth-order valence-corrected chi connectivity index (χ4v) is 2.85. The molecule has 0 bridgehead atoms. The van der Waals surface area contributed by atoms with E-state index in [0.29, 0.717) is 12.5 Å². The first-order valence-corrected chi connectivity index (χ1v) is 8.22. The van der Waals surface area contributed by atoms with Crippen molar-refractivity contribution in [3.05, 3.63) is 42.0 Å². The van der Waals surface area contributed by atoms with Crippen molar-refractivity contribution < 1.29 is 9.90 Å². The van der Waals surface area contributed by atoms with E-state index in [1.807, 2.05) is 30.3 Å². The maximum atomic E-state index is 12.7. The molecule has 4 rings (SSSR count). The van der Waals surface area contributed by atoms with E-state index in [-0.39, 0.29) is 24.4 Å². The van der Waals surface area contributed by atoms with Gasteiger partial charge in [-0.05, 0) is 37.8 Å². The minimum absolute atomic E-state index is 0.0306. The number of hydrogen-bond donors (Lipinski definition) is 1. The Labute approximate surface area is 134 Å². The zero-order valence-electron chi connectivity index (χ0n) is 12.9. The number of para-hydroxylation sites is 1. The van der Waals surface area contributed by atoms with E-state index in [1.54, 1.807) is 9.58 Å². The Morgan fingerprint density at radius 3 is 2.57 bits per heavy atom. The van der Waals surface area contributed by atoms with E-state index in [2.05, 4.69) is 10.1 Å². The van der Waals surface area contributed by atoms with Gasteiger partial charge in [0.15, 0.2) is 0 Å². The third kappa shape index (κ3) is 2.86. The second kappa shape index (κ2) is 5.77. The number of amides is 1. The summed E-state index contributed by atoms with van der Waals surface area (Å²) in [4.78, 5) is 19.0. The van der Waals surface area contributed by atoms with Gasteiger partial charge in [0, 0.05) is 18.5 Å². The van der Waals surface area contributed by atoms with E-state index < -0.39 is 0 Å². The van der Waals surface area contributed by atoms with E-state index in [4.69, 9.17) is 0 Å². The number of rotatable bonds is 6. The van der Waals surface area contributed by atoms with Crippen molar-refractivity contribution in [1.29, 1.82) is 0 Å². The third-order valence-corrected chi connectivity index (χ3v) is 4.36. The van der Waals surface area contributed by atoms with Crippen LogP contribution in [0, 0.1) is 0 Å². The maximum absolute atomic E-state index is 12.7. The van der Waals surface area contributed by atoms with Crippen molar-refractivity contribution in [3.8, 4) is 5.69 Å². The number of aromatic nitrogens is 3. The molecule has 2 aromatic rings. The number of benzene rings is 1. The van der Waals surface area contributed by atoms with E-state index in [0.717, 1.165) is 37.2 Å². The van der Waals surface area contributed by atoms with Crippen LogP contribution in [0.1, 0.15) is 48.0 Å². The minimum Gasteiger partial charge on any atom is -0.395 e. The molecule has 6 nitrogen and oxygen atoms in total. The lowest BCUT2D eigenvalue weighted by atomic mass is 10.3. The lowest BCUT2D eigenvalue weighted by Crippen LogP contribution is -2.36. The number of aliphatic hydroxyl groups is 1. The second-order valence-electron chi connectivity index (χ2n) is 6.27. The summed E-state index contributed by atoms with van der Waals surface area (Å²) in [5, 5.41) is 13.7. The van der Waals surface area contributed by atoms with Crippen LogP contribution in [0.2, 0.25) is 0 Å². The van der Waals surface area contributed by atoms with Crippen LogP contribution in [0.5, 0.6) is 0 Å². The van der Waals surface area contributed by atoms with Crippen molar-refractivity contribution in [2.24, 2.45) is 0 Å². The summed E-state index contributed by atoms with van der Waals surface area (Å²) in [7, 11) is 0. The molecule has 0 radical (unpaired) electrons. The molecule has 1 amide bonds. The highest BCUT2D eigenvalue weighted by molar-refractivity contribution is 5.91. The smallest absolute Gasteiger partial charge is 0.293 e. The van der Waals surface area contributed by atoms with Crippen LogP contribution in [0.15, 0.2) is 30.3 Å². The van der Waals surface area contributed by atoms with Gasteiger partial charge >= 0.3 is 0 Å². The highest BCUT2D eigenvalue weighted by Gasteiger charge is 2.36. The van der Waals surface area contributed by atoms with Crippen molar-refractivity contribution in [2.45, 2.75) is 37.6 Å². The molecule has 6 heteroatoms. The van der Waals surface area contributed by atoms with Gasteiger partial charge in [0.25, 0.3) is 5.91 Å². The monoisotopic (exact) mass is 312 g/mol. The van der Waals surface area contributed by atoms with Crippen molar-refractivity contribution in [2.75, 3.05) is 13.2 Å². The Morgan fingerprint density at radius 1 is 1.22 bits per heavy atom. The predicted molar refractivity (Wildman–Crippen MR) is 84.5 cm³/mol. The zero-order valence-corrected chi connectivity index (χ0v) is 12.9. The summed E-state index contributed by atoms with van der Waals surface area (Å²) in [5.74, 6) is 1.35. The number of carbonyl (C=O) groups excluding carboxylic acids is 1. The van der Waals surface area contributed by atoms with Crippen LogP contribution >= 0.6 is 0 Å². The van der Waals surface area contributed by atoms with Gasteiger partial charge in [-0.2, -0.15) is 0 Å². The average molecular weight is 312 g/mol. The van der Waals surface area contributed by atoms with Gasteiger partial charge in [-0.25, -0.2) is 9.67 Å². The fraction of sp³-hybridized carbons (Fsp3) is 0.471. The maximum Gasteiger partial charge on any atom is 0.293 e. The number of carbonyl (C=O) groups is 1. The highest BCUT2D eigenvalue weighted by Crippen LogP contribution is 2.40. The normalized spacial score (nSPS) is 17.3. The van der Waals surface area contributed by atoms with Crippen molar-refractivity contribution in [3.63, 3.8) is 0 Å². The molecular formula is C17H20N4O2. The molecule has 1 heterocycles. The minimum atomic E-state index is -0.168. The SMILES string of the molecule is O=C(c1nc(C2CC2)n(-c2ccccc2)n1)N(CCO)C1CC1. The standard InChI is InChI=1S/C17H20N4O2/c22-11-10-20(13-8-9-13)17(23)15-18-16(12-6-7-12)21(19-15)14-4-2-1-3-5-14/h1-5,12-13,22H,6-11H2. The summed E-state index contributed by atoms with van der Waals surface area (Å²) < 4.78 is 1.80. The first kappa shape index (κ1) is 14.4. The van der Waals surface area contributed by atoms with Gasteiger partial charge < -0.3 is 10.0 Å². The molecule has 0 atom stereocenters. The number of aliphatic hydroxyl groups excluding tert-OH is 1. The molecule has 1 aromatic heterocycles. The molecule has 0 spiro atoms. The van der Waals surface area contributed by atoms with Gasteiger partial charge in [0.05, 0.1) is 12.3 Å². The van der Waals surface area contributed by atoms with Gasteiger partial charge in [-0.3, -0.25) is 4.79 Å². The summed E-state index contributed by atoms with van der Waals surface area (Å²) in [6.07, 6.45) is 4.20. The lowest BCUT2D eigenvalue weighted by Gasteiger charge is -2.19.